The van der Waals surface area contributed by atoms with Crippen LogP contribution in [0.25, 0.3) is 33.4 Å². The summed E-state index contributed by atoms with van der Waals surface area (Å²) in [5.74, 6) is 0.649. The second-order valence-corrected chi connectivity index (χ2v) is 20.3. The van der Waals surface area contributed by atoms with Crippen molar-refractivity contribution in [3.05, 3.63) is 160 Å². The van der Waals surface area contributed by atoms with Gasteiger partial charge in [0.05, 0.1) is 0 Å². The van der Waals surface area contributed by atoms with E-state index in [1.54, 1.807) is 0 Å². The summed E-state index contributed by atoms with van der Waals surface area (Å²) in [5.41, 5.74) is 22.2. The van der Waals surface area contributed by atoms with Crippen LogP contribution < -0.4 is 4.90 Å². The molecule has 0 amide bonds. The lowest BCUT2D eigenvalue weighted by molar-refractivity contribution is 0.443. The van der Waals surface area contributed by atoms with E-state index in [0.717, 1.165) is 12.8 Å². The van der Waals surface area contributed by atoms with Gasteiger partial charge in [0.2, 0.25) is 0 Å². The molecule has 296 valence electrons. The molecule has 9 rings (SSSR count). The normalized spacial score (nSPS) is 16.4. The first-order valence-corrected chi connectivity index (χ1v) is 22.3. The molecule has 0 radical (unpaired) electrons. The summed E-state index contributed by atoms with van der Waals surface area (Å²) < 4.78 is 0. The zero-order valence-corrected chi connectivity index (χ0v) is 36.4. The third-order valence-corrected chi connectivity index (χ3v) is 14.0. The molecule has 0 N–H and O–H groups in total. The van der Waals surface area contributed by atoms with Crippen LogP contribution in [0.2, 0.25) is 0 Å². The van der Waals surface area contributed by atoms with Gasteiger partial charge in [0.25, 0.3) is 0 Å². The predicted octanol–water partition coefficient (Wildman–Crippen LogP) is 16.3. The molecule has 3 aliphatic rings. The first kappa shape index (κ1) is 38.6. The molecule has 0 saturated heterocycles. The van der Waals surface area contributed by atoms with Gasteiger partial charge in [0.15, 0.2) is 0 Å². The quantitative estimate of drug-likeness (QED) is 0.163. The summed E-state index contributed by atoms with van der Waals surface area (Å²) in [6.45, 7) is 18.8. The Morgan fingerprint density at radius 2 is 1.12 bits per heavy atom. The lowest BCUT2D eigenvalue weighted by Gasteiger charge is -2.33. The first-order valence-electron chi connectivity index (χ1n) is 22.3. The standard InChI is InChI=1S/C57H63N/c1-55(2,3)43-33-42(34-44(36-43)56(4,5)6)39-20-16-22-41(32-39)47-30-31-54(51-26-13-12-24-48(47)51)58(45-23-17-21-40(35-45)38-18-10-9-11-19-38)46-28-29-50-49-25-14-15-27-52(49)57(7,8)53(50)37-46/h14-17,20-23,25,27-38H,9-13,18-19,24,26H2,1-8H3. The van der Waals surface area contributed by atoms with E-state index < -0.39 is 0 Å². The van der Waals surface area contributed by atoms with Crippen molar-refractivity contribution >= 4 is 17.1 Å². The van der Waals surface area contributed by atoms with E-state index in [1.165, 1.54) is 134 Å². The maximum absolute atomic E-state index is 2.63. The zero-order chi connectivity index (χ0) is 40.4. The summed E-state index contributed by atoms with van der Waals surface area (Å²) in [7, 11) is 0. The molecule has 0 aliphatic heterocycles. The van der Waals surface area contributed by atoms with Crippen LogP contribution in [0, 0.1) is 0 Å². The van der Waals surface area contributed by atoms with Crippen molar-refractivity contribution < 1.29 is 0 Å². The number of nitrogens with zero attached hydrogens (tertiary/aromatic N) is 1. The van der Waals surface area contributed by atoms with E-state index in [1.807, 2.05) is 0 Å². The molecule has 1 heteroatoms. The summed E-state index contributed by atoms with van der Waals surface area (Å²) >= 11 is 0. The molecule has 6 aromatic rings. The molecular weight excluding hydrogens is 699 g/mol. The van der Waals surface area contributed by atoms with Crippen LogP contribution in [0.1, 0.15) is 145 Å². The fourth-order valence-corrected chi connectivity index (χ4v) is 10.5. The lowest BCUT2D eigenvalue weighted by Crippen LogP contribution is -2.18. The van der Waals surface area contributed by atoms with Crippen molar-refractivity contribution in [1.82, 2.24) is 0 Å². The largest absolute Gasteiger partial charge is 0.310 e. The zero-order valence-electron chi connectivity index (χ0n) is 36.4. The van der Waals surface area contributed by atoms with E-state index in [-0.39, 0.29) is 16.2 Å². The highest BCUT2D eigenvalue weighted by atomic mass is 15.1. The SMILES string of the molecule is CC(C)(C)c1cc(-c2cccc(-c3ccc(N(c4cccc(C5CCCCC5)c4)c4ccc5c(c4)C(C)(C)c4ccccc4-5)c4c3CCCC4)c2)cc(C(C)(C)C)c1. The predicted molar refractivity (Wildman–Crippen MR) is 249 cm³/mol. The highest BCUT2D eigenvalue weighted by Crippen LogP contribution is 2.52. The Bertz CT molecular complexity index is 2460. The van der Waals surface area contributed by atoms with Crippen LogP contribution >= 0.6 is 0 Å². The maximum atomic E-state index is 2.63. The Hall–Kier alpha value is -4.88. The average Bonchev–Trinajstić information content (AvgIpc) is 3.46. The molecule has 0 spiro atoms. The summed E-state index contributed by atoms with van der Waals surface area (Å²) in [6.07, 6.45) is 11.3. The fourth-order valence-electron chi connectivity index (χ4n) is 10.5. The minimum atomic E-state index is -0.0636. The van der Waals surface area contributed by atoms with Gasteiger partial charge in [-0.1, -0.05) is 160 Å². The number of hydrogen-bond donors (Lipinski definition) is 0. The number of rotatable bonds is 6. The number of fused-ring (bicyclic) bond motifs is 4. The lowest BCUT2D eigenvalue weighted by atomic mass is 9.78. The van der Waals surface area contributed by atoms with Gasteiger partial charge in [-0.05, 0) is 164 Å². The second kappa shape index (κ2) is 14.7. The third-order valence-electron chi connectivity index (χ3n) is 14.0. The van der Waals surface area contributed by atoms with E-state index >= 15 is 0 Å². The number of benzene rings is 6. The molecular formula is C57H63N. The molecule has 0 bridgehead atoms. The summed E-state index contributed by atoms with van der Waals surface area (Å²) in [6, 6.07) is 47.6. The van der Waals surface area contributed by atoms with E-state index in [4.69, 9.17) is 0 Å². The molecule has 58 heavy (non-hydrogen) atoms. The summed E-state index contributed by atoms with van der Waals surface area (Å²) in [5, 5.41) is 0. The molecule has 1 fully saturated rings. The molecule has 1 saturated carbocycles. The second-order valence-electron chi connectivity index (χ2n) is 20.3. The molecule has 0 aromatic heterocycles. The minimum Gasteiger partial charge on any atom is -0.310 e. The van der Waals surface area contributed by atoms with Crippen LogP contribution in [0.4, 0.5) is 17.1 Å². The average molecular weight is 762 g/mol. The van der Waals surface area contributed by atoms with Crippen molar-refractivity contribution in [2.45, 2.75) is 135 Å². The van der Waals surface area contributed by atoms with E-state index in [0.29, 0.717) is 5.92 Å². The molecule has 6 aromatic carbocycles. The smallest absolute Gasteiger partial charge is 0.0496 e. The van der Waals surface area contributed by atoms with Crippen LogP contribution in [0.3, 0.4) is 0 Å². The number of hydrogen-bond acceptors (Lipinski definition) is 1. The molecule has 3 aliphatic carbocycles. The van der Waals surface area contributed by atoms with Crippen molar-refractivity contribution in [1.29, 1.82) is 0 Å². The van der Waals surface area contributed by atoms with Gasteiger partial charge < -0.3 is 4.90 Å². The monoisotopic (exact) mass is 761 g/mol. The van der Waals surface area contributed by atoms with Crippen LogP contribution in [0.5, 0.6) is 0 Å². The Morgan fingerprint density at radius 1 is 0.483 bits per heavy atom. The van der Waals surface area contributed by atoms with Crippen LogP contribution in [-0.4, -0.2) is 0 Å². The first-order chi connectivity index (χ1) is 27.8. The van der Waals surface area contributed by atoms with Gasteiger partial charge >= 0.3 is 0 Å². The Balaban J connectivity index is 1.19. The fraction of sp³-hybridized carbons (Fsp3) is 0.368. The van der Waals surface area contributed by atoms with Gasteiger partial charge in [-0.25, -0.2) is 0 Å². The van der Waals surface area contributed by atoms with Gasteiger partial charge in [-0.3, -0.25) is 0 Å². The molecule has 0 heterocycles. The summed E-state index contributed by atoms with van der Waals surface area (Å²) in [4.78, 5) is 2.63. The highest BCUT2D eigenvalue weighted by molar-refractivity contribution is 5.88. The van der Waals surface area contributed by atoms with Gasteiger partial charge in [0.1, 0.15) is 0 Å². The van der Waals surface area contributed by atoms with Crippen molar-refractivity contribution in [3.63, 3.8) is 0 Å². The Kier molecular flexibility index (Phi) is 9.82. The topological polar surface area (TPSA) is 3.24 Å². The van der Waals surface area contributed by atoms with Crippen LogP contribution in [-0.2, 0) is 29.1 Å². The Labute approximate surface area is 349 Å². The van der Waals surface area contributed by atoms with Crippen molar-refractivity contribution in [3.8, 4) is 33.4 Å². The van der Waals surface area contributed by atoms with Crippen molar-refractivity contribution in [2.75, 3.05) is 4.90 Å². The number of anilines is 3. The highest BCUT2D eigenvalue weighted by Gasteiger charge is 2.36. The van der Waals surface area contributed by atoms with E-state index in [2.05, 4.69) is 182 Å². The third kappa shape index (κ3) is 7.03. The van der Waals surface area contributed by atoms with Crippen LogP contribution in [0.15, 0.2) is 121 Å². The minimum absolute atomic E-state index is 0.0636. The van der Waals surface area contributed by atoms with E-state index in [9.17, 15) is 0 Å². The molecule has 1 nitrogen and oxygen atoms in total. The molecule has 0 atom stereocenters. The van der Waals surface area contributed by atoms with Gasteiger partial charge in [-0.15, -0.1) is 0 Å². The maximum Gasteiger partial charge on any atom is 0.0496 e. The van der Waals surface area contributed by atoms with Gasteiger partial charge in [0, 0.05) is 22.5 Å². The van der Waals surface area contributed by atoms with Crippen molar-refractivity contribution in [2.24, 2.45) is 0 Å². The van der Waals surface area contributed by atoms with Gasteiger partial charge in [-0.2, -0.15) is 0 Å². The molecule has 0 unspecified atom stereocenters. The Morgan fingerprint density at radius 3 is 1.86 bits per heavy atom.